The van der Waals surface area contributed by atoms with Gasteiger partial charge in [0.05, 0.1) is 34.5 Å². The van der Waals surface area contributed by atoms with E-state index in [4.69, 9.17) is 27.2 Å². The lowest BCUT2D eigenvalue weighted by atomic mass is 10.0. The number of benzene rings is 2. The SMILES string of the molecule is COc1ccc(Cc2nn(CC(=O)O)c(=O)c3ccc(C#N)c(N)c23)cc1Cl. The van der Waals surface area contributed by atoms with Crippen molar-refractivity contribution in [2.24, 2.45) is 0 Å². The molecule has 0 amide bonds. The first kappa shape index (κ1) is 19.2. The van der Waals surface area contributed by atoms with Gasteiger partial charge in [-0.2, -0.15) is 10.4 Å². The Morgan fingerprint density at radius 2 is 2.14 bits per heavy atom. The Kier molecular flexibility index (Phi) is 5.20. The molecule has 142 valence electrons. The highest BCUT2D eigenvalue weighted by Crippen LogP contribution is 2.29. The summed E-state index contributed by atoms with van der Waals surface area (Å²) < 4.78 is 6.01. The Morgan fingerprint density at radius 1 is 1.39 bits per heavy atom. The number of rotatable bonds is 5. The van der Waals surface area contributed by atoms with Crippen molar-refractivity contribution < 1.29 is 14.6 Å². The summed E-state index contributed by atoms with van der Waals surface area (Å²) in [5.41, 5.74) is 6.97. The number of ether oxygens (including phenoxy) is 1. The van der Waals surface area contributed by atoms with E-state index in [1.807, 2.05) is 6.07 Å². The number of hydrogen-bond donors (Lipinski definition) is 2. The highest BCUT2D eigenvalue weighted by molar-refractivity contribution is 6.32. The van der Waals surface area contributed by atoms with Crippen LogP contribution in [0.1, 0.15) is 16.8 Å². The van der Waals surface area contributed by atoms with Crippen LogP contribution in [0.3, 0.4) is 0 Å². The summed E-state index contributed by atoms with van der Waals surface area (Å²) in [6, 6.07) is 10.0. The van der Waals surface area contributed by atoms with Gasteiger partial charge in [0, 0.05) is 11.8 Å². The average Bonchev–Trinajstić information content (AvgIpc) is 2.65. The van der Waals surface area contributed by atoms with Gasteiger partial charge in [-0.1, -0.05) is 17.7 Å². The lowest BCUT2D eigenvalue weighted by molar-refractivity contribution is -0.138. The summed E-state index contributed by atoms with van der Waals surface area (Å²) >= 11 is 6.17. The molecule has 0 aliphatic rings. The van der Waals surface area contributed by atoms with Crippen molar-refractivity contribution in [1.29, 1.82) is 5.26 Å². The maximum Gasteiger partial charge on any atom is 0.325 e. The number of methoxy groups -OCH3 is 1. The van der Waals surface area contributed by atoms with Crippen molar-refractivity contribution in [1.82, 2.24) is 9.78 Å². The van der Waals surface area contributed by atoms with Gasteiger partial charge in [0.1, 0.15) is 18.4 Å². The molecule has 28 heavy (non-hydrogen) atoms. The Balaban J connectivity index is 2.25. The van der Waals surface area contributed by atoms with E-state index in [2.05, 4.69) is 5.10 Å². The van der Waals surface area contributed by atoms with Gasteiger partial charge in [-0.25, -0.2) is 4.68 Å². The molecular weight excluding hydrogens is 384 g/mol. The molecule has 0 radical (unpaired) electrons. The van der Waals surface area contributed by atoms with Crippen LogP contribution in [0.15, 0.2) is 35.1 Å². The summed E-state index contributed by atoms with van der Waals surface area (Å²) in [7, 11) is 1.50. The fourth-order valence-electron chi connectivity index (χ4n) is 2.96. The zero-order chi connectivity index (χ0) is 20.4. The molecule has 2 aromatic carbocycles. The van der Waals surface area contributed by atoms with E-state index in [0.29, 0.717) is 21.9 Å². The summed E-state index contributed by atoms with van der Waals surface area (Å²) in [4.78, 5) is 23.7. The number of fused-ring (bicyclic) bond motifs is 1. The topological polar surface area (TPSA) is 131 Å². The first-order valence-corrected chi connectivity index (χ1v) is 8.50. The number of nitrogen functional groups attached to an aromatic ring is 1. The van der Waals surface area contributed by atoms with Crippen molar-refractivity contribution in [3.05, 3.63) is 62.5 Å². The zero-order valence-corrected chi connectivity index (χ0v) is 15.5. The predicted octanol–water partition coefficient (Wildman–Crippen LogP) is 2.19. The molecule has 0 atom stereocenters. The average molecular weight is 399 g/mol. The minimum absolute atomic E-state index is 0.127. The Labute approximate surface area is 164 Å². The van der Waals surface area contributed by atoms with Gasteiger partial charge in [-0.05, 0) is 29.8 Å². The number of anilines is 1. The molecule has 3 rings (SSSR count). The molecule has 0 fully saturated rings. The number of aromatic nitrogens is 2. The molecule has 3 aromatic rings. The third-order valence-corrected chi connectivity index (χ3v) is 4.53. The zero-order valence-electron chi connectivity index (χ0n) is 14.8. The van der Waals surface area contributed by atoms with Crippen molar-refractivity contribution in [3.8, 4) is 11.8 Å². The molecule has 3 N–H and O–H groups in total. The van der Waals surface area contributed by atoms with Crippen molar-refractivity contribution in [2.75, 3.05) is 12.8 Å². The molecule has 8 nitrogen and oxygen atoms in total. The molecule has 1 heterocycles. The largest absolute Gasteiger partial charge is 0.495 e. The highest BCUT2D eigenvalue weighted by atomic mass is 35.5. The number of halogens is 1. The van der Waals surface area contributed by atoms with Crippen LogP contribution in [0.25, 0.3) is 10.8 Å². The van der Waals surface area contributed by atoms with E-state index >= 15 is 0 Å². The van der Waals surface area contributed by atoms with Crippen LogP contribution < -0.4 is 16.0 Å². The Bertz CT molecular complexity index is 1200. The summed E-state index contributed by atoms with van der Waals surface area (Å²) in [6.45, 7) is -0.592. The summed E-state index contributed by atoms with van der Waals surface area (Å²) in [5, 5.41) is 23.5. The van der Waals surface area contributed by atoms with Gasteiger partial charge < -0.3 is 15.6 Å². The number of carboxylic acid groups (broad SMARTS) is 1. The van der Waals surface area contributed by atoms with Crippen LogP contribution in [-0.2, 0) is 17.8 Å². The second kappa shape index (κ2) is 7.58. The lowest BCUT2D eigenvalue weighted by Crippen LogP contribution is -2.28. The number of carbonyl (C=O) groups is 1. The van der Waals surface area contributed by atoms with Gasteiger partial charge in [-0.15, -0.1) is 0 Å². The third kappa shape index (κ3) is 3.48. The molecule has 1 aromatic heterocycles. The van der Waals surface area contributed by atoms with Crippen LogP contribution >= 0.6 is 11.6 Å². The van der Waals surface area contributed by atoms with E-state index in [-0.39, 0.29) is 23.1 Å². The smallest absolute Gasteiger partial charge is 0.325 e. The first-order valence-electron chi connectivity index (χ1n) is 8.12. The number of nitrogens with two attached hydrogens (primary N) is 1. The minimum atomic E-state index is -1.20. The predicted molar refractivity (Wildman–Crippen MR) is 104 cm³/mol. The quantitative estimate of drug-likeness (QED) is 0.629. The molecule has 0 saturated heterocycles. The van der Waals surface area contributed by atoms with E-state index in [0.717, 1.165) is 10.2 Å². The van der Waals surface area contributed by atoms with Crippen LogP contribution in [-0.4, -0.2) is 28.0 Å². The van der Waals surface area contributed by atoms with Crippen LogP contribution in [0.2, 0.25) is 5.02 Å². The molecule has 0 unspecified atom stereocenters. The molecule has 0 saturated carbocycles. The minimum Gasteiger partial charge on any atom is -0.495 e. The molecule has 0 spiro atoms. The number of nitriles is 1. The van der Waals surface area contributed by atoms with Gasteiger partial charge in [0.25, 0.3) is 5.56 Å². The van der Waals surface area contributed by atoms with E-state index in [9.17, 15) is 14.9 Å². The number of nitrogens with zero attached hydrogens (tertiary/aromatic N) is 3. The molecule has 0 aliphatic carbocycles. The standard InChI is InChI=1S/C19H15ClN4O4/c1-28-15-5-2-10(6-13(15)20)7-14-17-12(4-3-11(8-21)18(17)22)19(27)24(23-14)9-16(25)26/h2-6H,7,9,22H2,1H3,(H,25,26). The fourth-order valence-corrected chi connectivity index (χ4v) is 3.24. The van der Waals surface area contributed by atoms with Crippen molar-refractivity contribution in [2.45, 2.75) is 13.0 Å². The van der Waals surface area contributed by atoms with E-state index < -0.39 is 18.1 Å². The van der Waals surface area contributed by atoms with Gasteiger partial charge in [-0.3, -0.25) is 9.59 Å². The maximum absolute atomic E-state index is 12.6. The van der Waals surface area contributed by atoms with Crippen molar-refractivity contribution >= 4 is 34.0 Å². The number of hydrogen-bond acceptors (Lipinski definition) is 6. The Hall–Kier alpha value is -3.57. The lowest BCUT2D eigenvalue weighted by Gasteiger charge is -2.13. The third-order valence-electron chi connectivity index (χ3n) is 4.23. The van der Waals surface area contributed by atoms with Crippen LogP contribution in [0.5, 0.6) is 5.75 Å². The maximum atomic E-state index is 12.6. The van der Waals surface area contributed by atoms with E-state index in [1.165, 1.54) is 19.2 Å². The fraction of sp³-hybridized carbons (Fsp3) is 0.158. The van der Waals surface area contributed by atoms with Crippen LogP contribution in [0, 0.1) is 11.3 Å². The van der Waals surface area contributed by atoms with Gasteiger partial charge in [0.2, 0.25) is 0 Å². The summed E-state index contributed by atoms with van der Waals surface area (Å²) in [5.74, 6) is -0.695. The molecule has 0 aliphatic heterocycles. The van der Waals surface area contributed by atoms with Crippen LogP contribution in [0.4, 0.5) is 5.69 Å². The molecule has 0 bridgehead atoms. The highest BCUT2D eigenvalue weighted by Gasteiger charge is 2.17. The van der Waals surface area contributed by atoms with E-state index in [1.54, 1.807) is 18.2 Å². The first-order chi connectivity index (χ1) is 13.3. The normalized spacial score (nSPS) is 10.6. The Morgan fingerprint density at radius 3 is 2.75 bits per heavy atom. The number of aliphatic carboxylic acids is 1. The number of carboxylic acids is 1. The molecular formula is C19H15ClN4O4. The second-order valence-corrected chi connectivity index (χ2v) is 6.42. The monoisotopic (exact) mass is 398 g/mol. The van der Waals surface area contributed by atoms with Crippen molar-refractivity contribution in [3.63, 3.8) is 0 Å². The van der Waals surface area contributed by atoms with Gasteiger partial charge in [0.15, 0.2) is 0 Å². The summed E-state index contributed by atoms with van der Waals surface area (Å²) in [6.07, 6.45) is 0.221. The second-order valence-electron chi connectivity index (χ2n) is 6.01. The molecule has 9 heteroatoms. The van der Waals surface area contributed by atoms with Gasteiger partial charge >= 0.3 is 5.97 Å².